The minimum Gasteiger partial charge on any atom is -0.490 e. The summed E-state index contributed by atoms with van der Waals surface area (Å²) in [6, 6.07) is 21.8. The van der Waals surface area contributed by atoms with Gasteiger partial charge >= 0.3 is 0 Å². The molecule has 0 unspecified atom stereocenters. The molecule has 1 aliphatic rings. The van der Waals surface area contributed by atoms with Crippen LogP contribution in [0.5, 0.6) is 11.5 Å². The molecule has 4 rings (SSSR count). The molecule has 1 fully saturated rings. The molecule has 174 valence electrons. The van der Waals surface area contributed by atoms with Gasteiger partial charge in [0.1, 0.15) is 6.61 Å². The van der Waals surface area contributed by atoms with Gasteiger partial charge in [-0.15, -0.1) is 0 Å². The summed E-state index contributed by atoms with van der Waals surface area (Å²) in [5.74, 6) is 1.08. The quantitative estimate of drug-likeness (QED) is 0.318. The normalized spacial score (nSPS) is 15.6. The van der Waals surface area contributed by atoms with Crippen molar-refractivity contribution in [2.75, 3.05) is 6.61 Å². The molecule has 3 aromatic carbocycles. The molecule has 7 heteroatoms. The van der Waals surface area contributed by atoms with E-state index in [1.54, 1.807) is 0 Å². The van der Waals surface area contributed by atoms with Gasteiger partial charge in [0.25, 0.3) is 5.91 Å². The maximum atomic E-state index is 12.6. The Morgan fingerprint density at radius 2 is 1.76 bits per heavy atom. The number of amidine groups is 1. The number of nitrogens with one attached hydrogen (secondary N) is 1. The molecule has 34 heavy (non-hydrogen) atoms. The smallest absolute Gasteiger partial charge is 0.264 e. The molecule has 1 amide bonds. The highest BCUT2D eigenvalue weighted by Crippen LogP contribution is 2.39. The van der Waals surface area contributed by atoms with Crippen LogP contribution in [0.2, 0.25) is 0 Å². The van der Waals surface area contributed by atoms with Crippen LogP contribution in [0.4, 0.5) is 5.69 Å². The van der Waals surface area contributed by atoms with Crippen LogP contribution >= 0.6 is 27.7 Å². The first-order chi connectivity index (χ1) is 16.6. The number of amides is 1. The summed E-state index contributed by atoms with van der Waals surface area (Å²) < 4.78 is 12.7. The van der Waals surface area contributed by atoms with E-state index >= 15 is 0 Å². The highest BCUT2D eigenvalue weighted by atomic mass is 79.9. The molecule has 0 radical (unpaired) electrons. The Labute approximate surface area is 212 Å². The number of aryl methyl sites for hydroxylation is 1. The predicted molar refractivity (Wildman–Crippen MR) is 143 cm³/mol. The first-order valence-electron chi connectivity index (χ1n) is 11.1. The lowest BCUT2D eigenvalue weighted by Gasteiger charge is -2.15. The van der Waals surface area contributed by atoms with Crippen molar-refractivity contribution < 1.29 is 14.3 Å². The molecule has 1 N–H and O–H groups in total. The standard InChI is InChI=1S/C27H25BrN2O3S/c1-3-18-10-12-21(13-11-18)29-27-30-26(31)24(34-27)16-20-14-22(28)25(23(15-20)32-4-2)33-17-19-8-6-5-7-9-19/h5-16H,3-4,17H2,1-2H3,(H,29,30,31)/b24-16-. The van der Waals surface area contributed by atoms with Crippen molar-refractivity contribution in [1.29, 1.82) is 0 Å². The number of carbonyl (C=O) groups is 1. The van der Waals surface area contributed by atoms with Gasteiger partial charge in [-0.2, -0.15) is 0 Å². The summed E-state index contributed by atoms with van der Waals surface area (Å²) in [5, 5.41) is 3.41. The average molecular weight is 537 g/mol. The topological polar surface area (TPSA) is 59.9 Å². The molecule has 0 saturated carbocycles. The Kier molecular flexibility index (Phi) is 8.08. The molecule has 1 heterocycles. The van der Waals surface area contributed by atoms with E-state index in [2.05, 4.69) is 33.2 Å². The molecule has 5 nitrogen and oxygen atoms in total. The fraction of sp³-hybridized carbons (Fsp3) is 0.185. The lowest BCUT2D eigenvalue weighted by molar-refractivity contribution is -0.115. The molecule has 1 saturated heterocycles. The number of nitrogens with zero attached hydrogens (tertiary/aromatic N) is 1. The van der Waals surface area contributed by atoms with Crippen molar-refractivity contribution >= 4 is 50.5 Å². The molecule has 0 bridgehead atoms. The minimum atomic E-state index is -0.174. The second kappa shape index (κ2) is 11.4. The predicted octanol–water partition coefficient (Wildman–Crippen LogP) is 6.88. The number of rotatable bonds is 8. The zero-order chi connectivity index (χ0) is 23.9. The highest BCUT2D eigenvalue weighted by Gasteiger charge is 2.24. The van der Waals surface area contributed by atoms with E-state index in [1.807, 2.05) is 79.7 Å². The van der Waals surface area contributed by atoms with Gasteiger partial charge in [0.05, 0.1) is 21.7 Å². The highest BCUT2D eigenvalue weighted by molar-refractivity contribution is 9.10. The van der Waals surface area contributed by atoms with E-state index in [0.29, 0.717) is 34.8 Å². The summed E-state index contributed by atoms with van der Waals surface area (Å²) in [6.07, 6.45) is 2.81. The number of hydrogen-bond acceptors (Lipinski definition) is 5. The minimum absolute atomic E-state index is 0.174. The van der Waals surface area contributed by atoms with Crippen LogP contribution < -0.4 is 14.8 Å². The van der Waals surface area contributed by atoms with Gasteiger partial charge in [0.2, 0.25) is 0 Å². The molecule has 1 aliphatic heterocycles. The van der Waals surface area contributed by atoms with Crippen LogP contribution in [0.3, 0.4) is 0 Å². The van der Waals surface area contributed by atoms with E-state index in [-0.39, 0.29) is 5.91 Å². The van der Waals surface area contributed by atoms with E-state index in [4.69, 9.17) is 9.47 Å². The number of benzene rings is 3. The Hall–Kier alpha value is -3.03. The number of thioether (sulfide) groups is 1. The fourth-order valence-corrected chi connectivity index (χ4v) is 4.78. The van der Waals surface area contributed by atoms with Crippen molar-refractivity contribution in [1.82, 2.24) is 5.32 Å². The lowest BCUT2D eigenvalue weighted by atomic mass is 10.1. The van der Waals surface area contributed by atoms with Crippen LogP contribution in [-0.4, -0.2) is 17.7 Å². The third-order valence-corrected chi connectivity index (χ3v) is 6.58. The first-order valence-corrected chi connectivity index (χ1v) is 12.7. The second-order valence-electron chi connectivity index (χ2n) is 7.54. The SMILES string of the molecule is CCOc1cc(/C=C2\SC(=Nc3ccc(CC)cc3)NC2=O)cc(Br)c1OCc1ccccc1. The molecule has 0 spiro atoms. The Bertz CT molecular complexity index is 1220. The summed E-state index contributed by atoms with van der Waals surface area (Å²) in [6.45, 7) is 4.96. The summed E-state index contributed by atoms with van der Waals surface area (Å²) in [7, 11) is 0. The summed E-state index contributed by atoms with van der Waals surface area (Å²) >= 11 is 4.93. The van der Waals surface area contributed by atoms with Gasteiger partial charge < -0.3 is 14.8 Å². The van der Waals surface area contributed by atoms with E-state index in [9.17, 15) is 4.79 Å². The average Bonchev–Trinajstić information content (AvgIpc) is 3.18. The van der Waals surface area contributed by atoms with Crippen molar-refractivity contribution in [3.05, 3.63) is 92.8 Å². The first kappa shape index (κ1) is 24.1. The number of aliphatic imine (C=N–C) groups is 1. The summed E-state index contributed by atoms with van der Waals surface area (Å²) in [5.41, 5.74) is 3.95. The van der Waals surface area contributed by atoms with Crippen LogP contribution in [0, 0.1) is 0 Å². The van der Waals surface area contributed by atoms with Crippen LogP contribution in [0.25, 0.3) is 6.08 Å². The van der Waals surface area contributed by atoms with Gasteiger partial charge in [-0.1, -0.05) is 49.4 Å². The third kappa shape index (κ3) is 6.10. The van der Waals surface area contributed by atoms with E-state index < -0.39 is 0 Å². The van der Waals surface area contributed by atoms with Crippen molar-refractivity contribution in [2.24, 2.45) is 4.99 Å². The molecule has 0 aliphatic carbocycles. The Balaban J connectivity index is 1.54. The zero-order valence-corrected chi connectivity index (χ0v) is 21.4. The summed E-state index contributed by atoms with van der Waals surface area (Å²) in [4.78, 5) is 17.7. The number of hydrogen-bond donors (Lipinski definition) is 1. The number of carbonyl (C=O) groups excluding carboxylic acids is 1. The largest absolute Gasteiger partial charge is 0.490 e. The van der Waals surface area contributed by atoms with Crippen LogP contribution in [0.1, 0.15) is 30.5 Å². The van der Waals surface area contributed by atoms with Gasteiger partial charge in [0, 0.05) is 0 Å². The molecule has 3 aromatic rings. The van der Waals surface area contributed by atoms with Gasteiger partial charge in [-0.05, 0) is 88.1 Å². The van der Waals surface area contributed by atoms with Crippen LogP contribution in [-0.2, 0) is 17.8 Å². The monoisotopic (exact) mass is 536 g/mol. The zero-order valence-electron chi connectivity index (χ0n) is 19.0. The number of halogens is 1. The molecule has 0 atom stereocenters. The fourth-order valence-electron chi connectivity index (χ4n) is 3.36. The van der Waals surface area contributed by atoms with Gasteiger partial charge in [0.15, 0.2) is 16.7 Å². The molecule has 0 aromatic heterocycles. The Morgan fingerprint density at radius 1 is 1.00 bits per heavy atom. The van der Waals surface area contributed by atoms with E-state index in [0.717, 1.165) is 27.7 Å². The Morgan fingerprint density at radius 3 is 2.47 bits per heavy atom. The van der Waals surface area contributed by atoms with Gasteiger partial charge in [-0.3, -0.25) is 4.79 Å². The van der Waals surface area contributed by atoms with E-state index in [1.165, 1.54) is 17.3 Å². The van der Waals surface area contributed by atoms with Crippen molar-refractivity contribution in [2.45, 2.75) is 26.9 Å². The van der Waals surface area contributed by atoms with Crippen molar-refractivity contribution in [3.63, 3.8) is 0 Å². The lowest BCUT2D eigenvalue weighted by Crippen LogP contribution is -2.19. The van der Waals surface area contributed by atoms with Crippen molar-refractivity contribution in [3.8, 4) is 11.5 Å². The molecular formula is C27H25BrN2O3S. The number of ether oxygens (including phenoxy) is 2. The third-order valence-electron chi connectivity index (χ3n) is 5.08. The van der Waals surface area contributed by atoms with Gasteiger partial charge in [-0.25, -0.2) is 4.99 Å². The maximum Gasteiger partial charge on any atom is 0.264 e. The van der Waals surface area contributed by atoms with Crippen LogP contribution in [0.15, 0.2) is 81.1 Å². The second-order valence-corrected chi connectivity index (χ2v) is 9.42. The maximum absolute atomic E-state index is 12.6. The molecular weight excluding hydrogens is 512 g/mol.